The van der Waals surface area contributed by atoms with E-state index in [1.54, 1.807) is 13.3 Å². The molecule has 0 aliphatic carbocycles. The summed E-state index contributed by atoms with van der Waals surface area (Å²) in [5.41, 5.74) is 5.88. The van der Waals surface area contributed by atoms with Crippen molar-refractivity contribution in [2.24, 2.45) is 11.0 Å². The number of halogens is 1. The number of hydrogen-bond donors (Lipinski definition) is 1. The van der Waals surface area contributed by atoms with Gasteiger partial charge in [0.1, 0.15) is 0 Å². The molecule has 0 spiro atoms. The molecule has 1 heterocycles. The summed E-state index contributed by atoms with van der Waals surface area (Å²) in [6.07, 6.45) is 1.73. The fourth-order valence-electron chi connectivity index (χ4n) is 2.43. The SMILES string of the molecule is COc1cc(C=NNc2nc(-c3ccccc3)cs2)cc(Br)c1OCC(C)C. The van der Waals surface area contributed by atoms with Gasteiger partial charge < -0.3 is 9.47 Å². The Hall–Kier alpha value is -2.38. The molecule has 28 heavy (non-hydrogen) atoms. The van der Waals surface area contributed by atoms with Gasteiger partial charge in [-0.15, -0.1) is 11.3 Å². The van der Waals surface area contributed by atoms with E-state index in [9.17, 15) is 0 Å². The summed E-state index contributed by atoms with van der Waals surface area (Å²) in [7, 11) is 1.63. The number of rotatable bonds is 8. The highest BCUT2D eigenvalue weighted by Crippen LogP contribution is 2.36. The largest absolute Gasteiger partial charge is 0.493 e. The molecule has 146 valence electrons. The third-order valence-corrected chi connectivity index (χ3v) is 5.10. The Kier molecular flexibility index (Phi) is 7.06. The molecular formula is C21H22BrN3O2S. The van der Waals surface area contributed by atoms with E-state index >= 15 is 0 Å². The van der Waals surface area contributed by atoms with Crippen molar-refractivity contribution in [3.63, 3.8) is 0 Å². The summed E-state index contributed by atoms with van der Waals surface area (Å²) < 4.78 is 12.2. The Balaban J connectivity index is 1.69. The number of aromatic nitrogens is 1. The van der Waals surface area contributed by atoms with Crippen molar-refractivity contribution in [1.82, 2.24) is 4.98 Å². The van der Waals surface area contributed by atoms with Crippen LogP contribution in [-0.4, -0.2) is 24.9 Å². The maximum absolute atomic E-state index is 5.85. The van der Waals surface area contributed by atoms with Gasteiger partial charge in [-0.25, -0.2) is 4.98 Å². The quantitative estimate of drug-likeness (QED) is 0.328. The molecule has 0 bridgehead atoms. The molecule has 0 radical (unpaired) electrons. The molecule has 3 rings (SSSR count). The Labute approximate surface area is 177 Å². The molecule has 0 atom stereocenters. The van der Waals surface area contributed by atoms with Crippen molar-refractivity contribution in [2.75, 3.05) is 19.1 Å². The van der Waals surface area contributed by atoms with Crippen molar-refractivity contribution in [2.45, 2.75) is 13.8 Å². The van der Waals surface area contributed by atoms with E-state index in [4.69, 9.17) is 9.47 Å². The lowest BCUT2D eigenvalue weighted by atomic mass is 10.2. The number of hydrazone groups is 1. The molecule has 3 aromatic rings. The first-order chi connectivity index (χ1) is 13.6. The van der Waals surface area contributed by atoms with Gasteiger partial charge in [-0.05, 0) is 39.5 Å². The molecule has 0 saturated heterocycles. The highest BCUT2D eigenvalue weighted by molar-refractivity contribution is 9.10. The molecule has 1 N–H and O–H groups in total. The fourth-order valence-corrected chi connectivity index (χ4v) is 3.68. The number of thiazole rings is 1. The van der Waals surface area contributed by atoms with Crippen LogP contribution >= 0.6 is 27.3 Å². The Morgan fingerprint density at radius 3 is 2.75 bits per heavy atom. The second-order valence-electron chi connectivity index (χ2n) is 6.51. The van der Waals surface area contributed by atoms with Crippen LogP contribution < -0.4 is 14.9 Å². The number of nitrogens with one attached hydrogen (secondary N) is 1. The van der Waals surface area contributed by atoms with Crippen LogP contribution in [0.15, 0.2) is 57.4 Å². The van der Waals surface area contributed by atoms with E-state index in [-0.39, 0.29) is 0 Å². The van der Waals surface area contributed by atoms with Crippen molar-refractivity contribution >= 4 is 38.6 Å². The zero-order valence-corrected chi connectivity index (χ0v) is 18.4. The van der Waals surface area contributed by atoms with Crippen LogP contribution in [0, 0.1) is 5.92 Å². The predicted molar refractivity (Wildman–Crippen MR) is 120 cm³/mol. The highest BCUT2D eigenvalue weighted by atomic mass is 79.9. The maximum atomic E-state index is 5.85. The van der Waals surface area contributed by atoms with E-state index in [0.29, 0.717) is 24.0 Å². The molecule has 5 nitrogen and oxygen atoms in total. The average Bonchev–Trinajstić information content (AvgIpc) is 3.16. The molecular weight excluding hydrogens is 438 g/mol. The smallest absolute Gasteiger partial charge is 0.203 e. The number of hydrogen-bond acceptors (Lipinski definition) is 6. The fraction of sp³-hybridized carbons (Fsp3) is 0.238. The summed E-state index contributed by atoms with van der Waals surface area (Å²) in [4.78, 5) is 4.56. The summed E-state index contributed by atoms with van der Waals surface area (Å²) in [5.74, 6) is 1.80. The van der Waals surface area contributed by atoms with Crippen LogP contribution in [0.2, 0.25) is 0 Å². The molecule has 0 aliphatic rings. The Bertz CT molecular complexity index is 942. The second kappa shape index (κ2) is 9.71. The zero-order valence-electron chi connectivity index (χ0n) is 16.0. The minimum atomic E-state index is 0.432. The molecule has 0 amide bonds. The summed E-state index contributed by atoms with van der Waals surface area (Å²) >= 11 is 5.07. The van der Waals surface area contributed by atoms with Crippen molar-refractivity contribution in [3.8, 4) is 22.8 Å². The van der Waals surface area contributed by atoms with Crippen LogP contribution in [0.3, 0.4) is 0 Å². The second-order valence-corrected chi connectivity index (χ2v) is 8.23. The van der Waals surface area contributed by atoms with Crippen molar-refractivity contribution in [3.05, 3.63) is 57.9 Å². The topological polar surface area (TPSA) is 55.7 Å². The lowest BCUT2D eigenvalue weighted by Crippen LogP contribution is -2.06. The maximum Gasteiger partial charge on any atom is 0.203 e. The molecule has 0 fully saturated rings. The minimum Gasteiger partial charge on any atom is -0.493 e. The van der Waals surface area contributed by atoms with Gasteiger partial charge in [-0.3, -0.25) is 5.43 Å². The first-order valence-electron chi connectivity index (χ1n) is 8.87. The van der Waals surface area contributed by atoms with Crippen LogP contribution in [0.5, 0.6) is 11.5 Å². The van der Waals surface area contributed by atoms with E-state index in [2.05, 4.69) is 45.3 Å². The van der Waals surface area contributed by atoms with E-state index < -0.39 is 0 Å². The van der Waals surface area contributed by atoms with Crippen LogP contribution in [-0.2, 0) is 0 Å². The third-order valence-electron chi connectivity index (χ3n) is 3.76. The van der Waals surface area contributed by atoms with E-state index in [1.807, 2.05) is 47.8 Å². The number of benzene rings is 2. The summed E-state index contributed by atoms with van der Waals surface area (Å²) in [5, 5.41) is 7.04. The number of anilines is 1. The predicted octanol–water partition coefficient (Wildman–Crippen LogP) is 6.06. The van der Waals surface area contributed by atoms with Gasteiger partial charge >= 0.3 is 0 Å². The highest BCUT2D eigenvalue weighted by Gasteiger charge is 2.12. The standard InChI is InChI=1S/C21H22BrN3O2S/c1-14(2)12-27-20-17(22)9-15(10-19(20)26-3)11-23-25-21-24-18(13-28-21)16-7-5-4-6-8-16/h4-11,13-14H,12H2,1-3H3,(H,24,25). The van der Waals surface area contributed by atoms with Gasteiger partial charge in [0.25, 0.3) is 0 Å². The van der Waals surface area contributed by atoms with Gasteiger partial charge in [-0.1, -0.05) is 44.2 Å². The lowest BCUT2D eigenvalue weighted by Gasteiger charge is -2.14. The van der Waals surface area contributed by atoms with Crippen molar-refractivity contribution < 1.29 is 9.47 Å². The van der Waals surface area contributed by atoms with Crippen LogP contribution in [0.4, 0.5) is 5.13 Å². The molecule has 7 heteroatoms. The molecule has 2 aromatic carbocycles. The van der Waals surface area contributed by atoms with E-state index in [1.165, 1.54) is 11.3 Å². The third kappa shape index (κ3) is 5.33. The van der Waals surface area contributed by atoms with Gasteiger partial charge in [-0.2, -0.15) is 5.10 Å². The Morgan fingerprint density at radius 1 is 1.25 bits per heavy atom. The van der Waals surface area contributed by atoms with Gasteiger partial charge in [0, 0.05) is 10.9 Å². The first-order valence-corrected chi connectivity index (χ1v) is 10.5. The summed E-state index contributed by atoms with van der Waals surface area (Å²) in [6, 6.07) is 13.9. The Morgan fingerprint density at radius 2 is 2.04 bits per heavy atom. The first kappa shape index (κ1) is 20.4. The van der Waals surface area contributed by atoms with E-state index in [0.717, 1.165) is 26.4 Å². The molecule has 0 unspecified atom stereocenters. The zero-order chi connectivity index (χ0) is 19.9. The summed E-state index contributed by atoms with van der Waals surface area (Å²) in [6.45, 7) is 4.83. The van der Waals surface area contributed by atoms with Gasteiger partial charge in [0.05, 0.1) is 30.1 Å². The molecule has 0 aliphatic heterocycles. The number of nitrogens with zero attached hydrogens (tertiary/aromatic N) is 2. The van der Waals surface area contributed by atoms with Gasteiger partial charge in [0.15, 0.2) is 11.5 Å². The normalized spacial score (nSPS) is 11.2. The number of ether oxygens (including phenoxy) is 2. The molecule has 0 saturated carbocycles. The average molecular weight is 460 g/mol. The monoisotopic (exact) mass is 459 g/mol. The molecule has 1 aromatic heterocycles. The number of methoxy groups -OCH3 is 1. The van der Waals surface area contributed by atoms with Crippen LogP contribution in [0.25, 0.3) is 11.3 Å². The minimum absolute atomic E-state index is 0.432. The van der Waals surface area contributed by atoms with Gasteiger partial charge in [0.2, 0.25) is 5.13 Å². The lowest BCUT2D eigenvalue weighted by molar-refractivity contribution is 0.255. The van der Waals surface area contributed by atoms with Crippen LogP contribution in [0.1, 0.15) is 19.4 Å². The van der Waals surface area contributed by atoms with Crippen molar-refractivity contribution in [1.29, 1.82) is 0 Å².